The molecule has 0 aliphatic heterocycles. The normalized spacial score (nSPS) is 10.2. The molecule has 0 aromatic heterocycles. The van der Waals surface area contributed by atoms with E-state index in [1.807, 2.05) is 32.0 Å². The highest BCUT2D eigenvalue weighted by Gasteiger charge is 2.14. The van der Waals surface area contributed by atoms with E-state index in [9.17, 15) is 14.9 Å². The Kier molecular flexibility index (Phi) is 4.03. The molecule has 0 bridgehead atoms. The van der Waals surface area contributed by atoms with E-state index in [4.69, 9.17) is 0 Å². The number of carbonyl (C=O) groups excluding carboxylic acids is 1. The minimum absolute atomic E-state index is 0.0121. The minimum Gasteiger partial charge on any atom is -0.322 e. The van der Waals surface area contributed by atoms with Gasteiger partial charge in [0, 0.05) is 22.9 Å². The molecule has 0 saturated heterocycles. The molecule has 2 rings (SSSR count). The fourth-order valence-corrected chi connectivity index (χ4v) is 2.15. The number of nitrogens with one attached hydrogen (secondary N) is 1. The third-order valence-electron chi connectivity index (χ3n) is 3.29. The molecule has 2 aromatic rings. The lowest BCUT2D eigenvalue weighted by Crippen LogP contribution is -2.13. The number of nitro groups is 1. The maximum Gasteiger partial charge on any atom is 0.272 e. The van der Waals surface area contributed by atoms with Crippen LogP contribution in [0.3, 0.4) is 0 Å². The number of anilines is 1. The van der Waals surface area contributed by atoms with Crippen molar-refractivity contribution in [3.63, 3.8) is 0 Å². The van der Waals surface area contributed by atoms with Gasteiger partial charge >= 0.3 is 0 Å². The Hall–Kier alpha value is -2.69. The smallest absolute Gasteiger partial charge is 0.272 e. The predicted octanol–water partition coefficient (Wildman–Crippen LogP) is 3.77. The van der Waals surface area contributed by atoms with Gasteiger partial charge in [-0.15, -0.1) is 0 Å². The van der Waals surface area contributed by atoms with Crippen molar-refractivity contribution in [2.75, 3.05) is 5.32 Å². The Morgan fingerprint density at radius 2 is 1.76 bits per heavy atom. The summed E-state index contributed by atoms with van der Waals surface area (Å²) in [6.45, 7) is 5.52. The fourth-order valence-electron chi connectivity index (χ4n) is 2.15. The maximum absolute atomic E-state index is 12.2. The molecule has 0 heterocycles. The molecule has 0 aliphatic rings. The predicted molar refractivity (Wildman–Crippen MR) is 81.7 cm³/mol. The zero-order valence-corrected chi connectivity index (χ0v) is 12.1. The van der Waals surface area contributed by atoms with Gasteiger partial charge in [-0.3, -0.25) is 14.9 Å². The van der Waals surface area contributed by atoms with Crippen LogP contribution in [0.25, 0.3) is 0 Å². The van der Waals surface area contributed by atoms with Gasteiger partial charge in [0.25, 0.3) is 11.6 Å². The average Bonchev–Trinajstić information content (AvgIpc) is 2.41. The number of aryl methyl sites for hydroxylation is 3. The second-order valence-corrected chi connectivity index (χ2v) is 5.03. The molecule has 0 radical (unpaired) electrons. The van der Waals surface area contributed by atoms with Crippen LogP contribution in [0, 0.1) is 30.9 Å². The van der Waals surface area contributed by atoms with Crippen molar-refractivity contribution < 1.29 is 9.72 Å². The zero-order chi connectivity index (χ0) is 15.6. The summed E-state index contributed by atoms with van der Waals surface area (Å²) in [7, 11) is 0. The fraction of sp³-hybridized carbons (Fsp3) is 0.188. The molecule has 5 heteroatoms. The van der Waals surface area contributed by atoms with E-state index in [1.54, 1.807) is 6.92 Å². The first-order valence-electron chi connectivity index (χ1n) is 6.52. The monoisotopic (exact) mass is 284 g/mol. The Morgan fingerprint density at radius 3 is 2.33 bits per heavy atom. The van der Waals surface area contributed by atoms with Gasteiger partial charge in [0.1, 0.15) is 0 Å². The number of hydrogen-bond donors (Lipinski definition) is 1. The van der Waals surface area contributed by atoms with Gasteiger partial charge in [-0.1, -0.05) is 17.7 Å². The molecule has 1 N–H and O–H groups in total. The number of benzene rings is 2. The van der Waals surface area contributed by atoms with Crippen molar-refractivity contribution in [3.05, 3.63) is 68.8 Å². The minimum atomic E-state index is -0.457. The van der Waals surface area contributed by atoms with Crippen molar-refractivity contribution in [2.45, 2.75) is 20.8 Å². The van der Waals surface area contributed by atoms with Gasteiger partial charge in [-0.05, 0) is 44.5 Å². The second-order valence-electron chi connectivity index (χ2n) is 5.03. The lowest BCUT2D eigenvalue weighted by atomic mass is 10.1. The molecule has 0 fully saturated rings. The van der Waals surface area contributed by atoms with Gasteiger partial charge in [0.2, 0.25) is 0 Å². The summed E-state index contributed by atoms with van der Waals surface area (Å²) >= 11 is 0. The molecule has 2 aromatic carbocycles. The number of amides is 1. The number of carbonyl (C=O) groups is 1. The lowest BCUT2D eigenvalue weighted by Gasteiger charge is -2.09. The summed E-state index contributed by atoms with van der Waals surface area (Å²) in [6, 6.07) is 10.1. The van der Waals surface area contributed by atoms with Gasteiger partial charge in [-0.2, -0.15) is 0 Å². The maximum atomic E-state index is 12.2. The van der Waals surface area contributed by atoms with Gasteiger partial charge in [0.15, 0.2) is 0 Å². The summed E-state index contributed by atoms with van der Waals surface area (Å²) in [4.78, 5) is 22.5. The van der Waals surface area contributed by atoms with Crippen LogP contribution in [-0.4, -0.2) is 10.8 Å². The van der Waals surface area contributed by atoms with Crippen LogP contribution in [0.4, 0.5) is 11.4 Å². The van der Waals surface area contributed by atoms with Gasteiger partial charge in [-0.25, -0.2) is 0 Å². The molecule has 0 spiro atoms. The first-order valence-corrected chi connectivity index (χ1v) is 6.52. The standard InChI is InChI=1S/C16H16N2O3/c1-10-4-6-14(11(2)8-10)17-16(19)13-5-7-15(18(20)21)12(3)9-13/h4-9H,1-3H3,(H,17,19). The van der Waals surface area contributed by atoms with E-state index < -0.39 is 4.92 Å². The molecule has 1 amide bonds. The second kappa shape index (κ2) is 5.75. The molecule has 5 nitrogen and oxygen atoms in total. The molecule has 21 heavy (non-hydrogen) atoms. The summed E-state index contributed by atoms with van der Waals surface area (Å²) in [5, 5.41) is 13.6. The molecular weight excluding hydrogens is 268 g/mol. The Morgan fingerprint density at radius 1 is 1.05 bits per heavy atom. The SMILES string of the molecule is Cc1ccc(NC(=O)c2ccc([N+](=O)[O-])c(C)c2)c(C)c1. The third kappa shape index (κ3) is 3.25. The number of rotatable bonds is 3. The molecule has 0 unspecified atom stereocenters. The molecule has 0 aliphatic carbocycles. The third-order valence-corrected chi connectivity index (χ3v) is 3.29. The van der Waals surface area contributed by atoms with Crippen molar-refractivity contribution in [1.29, 1.82) is 0 Å². The van der Waals surface area contributed by atoms with Gasteiger partial charge in [0.05, 0.1) is 4.92 Å². The van der Waals surface area contributed by atoms with Crippen molar-refractivity contribution in [2.24, 2.45) is 0 Å². The summed E-state index contributed by atoms with van der Waals surface area (Å²) in [6.07, 6.45) is 0. The Balaban J connectivity index is 2.24. The summed E-state index contributed by atoms with van der Waals surface area (Å²) in [5.74, 6) is -0.278. The van der Waals surface area contributed by atoms with Crippen LogP contribution in [0.1, 0.15) is 27.0 Å². The van der Waals surface area contributed by atoms with Crippen molar-refractivity contribution >= 4 is 17.3 Å². The topological polar surface area (TPSA) is 72.2 Å². The van der Waals surface area contributed by atoms with E-state index >= 15 is 0 Å². The Bertz CT molecular complexity index is 723. The van der Waals surface area contributed by atoms with Crippen LogP contribution in [0.15, 0.2) is 36.4 Å². The first kappa shape index (κ1) is 14.7. The highest BCUT2D eigenvalue weighted by Crippen LogP contribution is 2.21. The highest BCUT2D eigenvalue weighted by atomic mass is 16.6. The summed E-state index contributed by atoms with van der Waals surface area (Å²) < 4.78 is 0. The van der Waals surface area contributed by atoms with Crippen molar-refractivity contribution in [1.82, 2.24) is 0 Å². The van der Waals surface area contributed by atoms with Crippen LogP contribution in [-0.2, 0) is 0 Å². The largest absolute Gasteiger partial charge is 0.322 e. The zero-order valence-electron chi connectivity index (χ0n) is 12.1. The van der Waals surface area contributed by atoms with Crippen LogP contribution >= 0.6 is 0 Å². The number of nitro benzene ring substituents is 1. The Labute approximate surface area is 122 Å². The average molecular weight is 284 g/mol. The van der Waals surface area contributed by atoms with E-state index in [0.29, 0.717) is 11.1 Å². The van der Waals surface area contributed by atoms with E-state index in [1.165, 1.54) is 18.2 Å². The summed E-state index contributed by atoms with van der Waals surface area (Å²) in [5.41, 5.74) is 3.71. The molecular formula is C16H16N2O3. The lowest BCUT2D eigenvalue weighted by molar-refractivity contribution is -0.385. The van der Waals surface area contributed by atoms with Gasteiger partial charge < -0.3 is 5.32 Å². The van der Waals surface area contributed by atoms with Crippen LogP contribution in [0.5, 0.6) is 0 Å². The quantitative estimate of drug-likeness (QED) is 0.688. The highest BCUT2D eigenvalue weighted by molar-refractivity contribution is 6.04. The molecule has 0 atom stereocenters. The molecule has 108 valence electrons. The van der Waals surface area contributed by atoms with Crippen LogP contribution in [0.2, 0.25) is 0 Å². The van der Waals surface area contributed by atoms with E-state index in [0.717, 1.165) is 16.8 Å². The van der Waals surface area contributed by atoms with Crippen LogP contribution < -0.4 is 5.32 Å². The number of nitrogens with zero attached hydrogens (tertiary/aromatic N) is 1. The van der Waals surface area contributed by atoms with Crippen molar-refractivity contribution in [3.8, 4) is 0 Å². The van der Waals surface area contributed by atoms with E-state index in [-0.39, 0.29) is 11.6 Å². The first-order chi connectivity index (χ1) is 9.88. The number of hydrogen-bond acceptors (Lipinski definition) is 3. The molecule has 0 saturated carbocycles. The van der Waals surface area contributed by atoms with E-state index in [2.05, 4.69) is 5.32 Å².